The zero-order valence-electron chi connectivity index (χ0n) is 6.99. The van der Waals surface area contributed by atoms with Gasteiger partial charge in [0, 0.05) is 0 Å². The van der Waals surface area contributed by atoms with Crippen LogP contribution >= 0.6 is 15.9 Å². The Bertz CT molecular complexity index is 278. The fourth-order valence-electron chi connectivity index (χ4n) is 0.995. The van der Waals surface area contributed by atoms with Gasteiger partial charge in [-0.05, 0) is 30.7 Å². The summed E-state index contributed by atoms with van der Waals surface area (Å²) in [5, 5.41) is 3.03. The predicted molar refractivity (Wildman–Crippen MR) is 51.9 cm³/mol. The van der Waals surface area contributed by atoms with Gasteiger partial charge in [-0.3, -0.25) is 0 Å². The highest BCUT2D eigenvalue weighted by Gasteiger charge is 2.01. The van der Waals surface area contributed by atoms with Crippen LogP contribution in [0, 0.1) is 11.6 Å². The van der Waals surface area contributed by atoms with Gasteiger partial charge in [0.2, 0.25) is 0 Å². The molecular weight excluding hydrogens is 240 g/mol. The maximum absolute atomic E-state index is 12.7. The van der Waals surface area contributed by atoms with Crippen molar-refractivity contribution in [3.8, 4) is 0 Å². The number of alkyl halides is 1. The molecule has 1 aromatic rings. The van der Waals surface area contributed by atoms with E-state index in [-0.39, 0.29) is 0 Å². The largest absolute Gasteiger partial charge is 0.307 e. The Hall–Kier alpha value is -0.480. The van der Waals surface area contributed by atoms with Gasteiger partial charge in [0.15, 0.2) is 11.6 Å². The molecule has 0 saturated carbocycles. The fourth-order valence-corrected chi connectivity index (χ4v) is 1.28. The molecule has 1 aromatic carbocycles. The minimum atomic E-state index is -0.794. The topological polar surface area (TPSA) is 12.0 Å². The van der Waals surface area contributed by atoms with E-state index in [4.69, 9.17) is 0 Å². The van der Waals surface area contributed by atoms with Gasteiger partial charge in [-0.15, -0.1) is 0 Å². The lowest BCUT2D eigenvalue weighted by atomic mass is 10.1. The molecular formula is C9H10BrF2N. The summed E-state index contributed by atoms with van der Waals surface area (Å²) in [6.45, 7) is 0.746. The van der Waals surface area contributed by atoms with Crippen molar-refractivity contribution in [2.45, 2.75) is 6.42 Å². The van der Waals surface area contributed by atoms with Crippen molar-refractivity contribution in [1.82, 2.24) is 5.32 Å². The molecule has 1 nitrogen and oxygen atoms in total. The number of hydrogen-bond donors (Lipinski definition) is 1. The second kappa shape index (κ2) is 5.29. The standard InChI is InChI=1S/C9H10BrF2N/c10-6-13-4-3-7-1-2-8(11)9(12)5-7/h1-2,5,13H,3-4,6H2. The second-order valence-corrected chi connectivity index (χ2v) is 3.19. The van der Waals surface area contributed by atoms with Crippen molar-refractivity contribution in [3.05, 3.63) is 35.4 Å². The number of rotatable bonds is 4. The van der Waals surface area contributed by atoms with Gasteiger partial charge in [-0.2, -0.15) is 0 Å². The van der Waals surface area contributed by atoms with Crippen LogP contribution in [0.1, 0.15) is 5.56 Å². The summed E-state index contributed by atoms with van der Waals surface area (Å²) >= 11 is 3.20. The van der Waals surface area contributed by atoms with Gasteiger partial charge < -0.3 is 5.32 Å². The summed E-state index contributed by atoms with van der Waals surface area (Å²) in [7, 11) is 0. The molecule has 72 valence electrons. The van der Waals surface area contributed by atoms with Gasteiger partial charge >= 0.3 is 0 Å². The Labute approximate surface area is 84.3 Å². The normalized spacial score (nSPS) is 10.4. The molecule has 0 amide bonds. The summed E-state index contributed by atoms with van der Waals surface area (Å²) in [4.78, 5) is 0. The van der Waals surface area contributed by atoms with E-state index in [2.05, 4.69) is 21.2 Å². The highest BCUT2D eigenvalue weighted by molar-refractivity contribution is 9.09. The second-order valence-electron chi connectivity index (χ2n) is 2.63. The van der Waals surface area contributed by atoms with E-state index >= 15 is 0 Å². The summed E-state index contributed by atoms with van der Waals surface area (Å²) in [5.74, 6) is -1.58. The predicted octanol–water partition coefficient (Wildman–Crippen LogP) is 2.45. The average Bonchev–Trinajstić information content (AvgIpc) is 2.12. The van der Waals surface area contributed by atoms with Crippen LogP contribution in [-0.2, 0) is 6.42 Å². The quantitative estimate of drug-likeness (QED) is 0.491. The molecule has 0 aliphatic carbocycles. The first-order chi connectivity index (χ1) is 6.24. The third-order valence-electron chi connectivity index (χ3n) is 1.67. The maximum Gasteiger partial charge on any atom is 0.159 e. The number of halogens is 3. The van der Waals surface area contributed by atoms with E-state index < -0.39 is 11.6 Å². The summed E-state index contributed by atoms with van der Waals surface area (Å²) in [6, 6.07) is 3.97. The van der Waals surface area contributed by atoms with Crippen molar-refractivity contribution in [1.29, 1.82) is 0 Å². The first-order valence-electron chi connectivity index (χ1n) is 3.94. The van der Waals surface area contributed by atoms with Gasteiger partial charge in [-0.1, -0.05) is 22.0 Å². The van der Waals surface area contributed by atoms with Crippen LogP contribution in [0.4, 0.5) is 8.78 Å². The van der Waals surface area contributed by atoms with Crippen molar-refractivity contribution < 1.29 is 8.78 Å². The van der Waals surface area contributed by atoms with Crippen molar-refractivity contribution in [2.24, 2.45) is 0 Å². The van der Waals surface area contributed by atoms with E-state index in [9.17, 15) is 8.78 Å². The molecule has 0 fully saturated rings. The van der Waals surface area contributed by atoms with Crippen LogP contribution in [0.2, 0.25) is 0 Å². The molecule has 0 aliphatic heterocycles. The Morgan fingerprint density at radius 3 is 2.62 bits per heavy atom. The molecule has 0 heterocycles. The van der Waals surface area contributed by atoms with Crippen LogP contribution < -0.4 is 5.32 Å². The highest BCUT2D eigenvalue weighted by atomic mass is 79.9. The van der Waals surface area contributed by atoms with Gasteiger partial charge in [0.05, 0.1) is 5.45 Å². The highest BCUT2D eigenvalue weighted by Crippen LogP contribution is 2.08. The van der Waals surface area contributed by atoms with Crippen molar-refractivity contribution >= 4 is 15.9 Å². The zero-order chi connectivity index (χ0) is 9.68. The third kappa shape index (κ3) is 3.40. The Balaban J connectivity index is 2.53. The Kier molecular flexibility index (Phi) is 4.32. The molecule has 1 N–H and O–H groups in total. The minimum Gasteiger partial charge on any atom is -0.307 e. The molecule has 0 bridgehead atoms. The molecule has 0 unspecified atom stereocenters. The summed E-state index contributed by atoms with van der Waals surface area (Å²) in [6.07, 6.45) is 0.697. The third-order valence-corrected chi connectivity index (χ3v) is 2.07. The Morgan fingerprint density at radius 2 is 2.00 bits per heavy atom. The lowest BCUT2D eigenvalue weighted by molar-refractivity contribution is 0.507. The molecule has 0 aliphatic rings. The van der Waals surface area contributed by atoms with E-state index in [0.29, 0.717) is 11.9 Å². The van der Waals surface area contributed by atoms with Crippen LogP contribution in [0.5, 0.6) is 0 Å². The van der Waals surface area contributed by atoms with Crippen LogP contribution in [0.25, 0.3) is 0 Å². The molecule has 0 spiro atoms. The van der Waals surface area contributed by atoms with E-state index in [1.165, 1.54) is 6.07 Å². The summed E-state index contributed by atoms with van der Waals surface area (Å²) in [5.41, 5.74) is 1.50. The monoisotopic (exact) mass is 249 g/mol. The minimum absolute atomic E-state index is 0.697. The first kappa shape index (κ1) is 10.6. The zero-order valence-corrected chi connectivity index (χ0v) is 8.57. The lowest BCUT2D eigenvalue weighted by Crippen LogP contribution is -2.14. The molecule has 0 radical (unpaired) electrons. The van der Waals surface area contributed by atoms with E-state index in [1.54, 1.807) is 6.07 Å². The fraction of sp³-hybridized carbons (Fsp3) is 0.333. The molecule has 13 heavy (non-hydrogen) atoms. The molecule has 0 atom stereocenters. The number of nitrogens with one attached hydrogen (secondary N) is 1. The number of hydrogen-bond acceptors (Lipinski definition) is 1. The SMILES string of the molecule is Fc1ccc(CCNCBr)cc1F. The lowest BCUT2D eigenvalue weighted by Gasteiger charge is -2.01. The van der Waals surface area contributed by atoms with Crippen molar-refractivity contribution in [3.63, 3.8) is 0 Å². The molecule has 1 rings (SSSR count). The molecule has 4 heteroatoms. The van der Waals surface area contributed by atoms with Gasteiger partial charge in [0.25, 0.3) is 0 Å². The maximum atomic E-state index is 12.7. The molecule has 0 aromatic heterocycles. The van der Waals surface area contributed by atoms with Crippen molar-refractivity contribution in [2.75, 3.05) is 12.0 Å². The first-order valence-corrected chi connectivity index (χ1v) is 5.07. The van der Waals surface area contributed by atoms with Crippen LogP contribution in [0.3, 0.4) is 0 Å². The number of benzene rings is 1. The van der Waals surface area contributed by atoms with Gasteiger partial charge in [0.1, 0.15) is 0 Å². The van der Waals surface area contributed by atoms with Gasteiger partial charge in [-0.25, -0.2) is 8.78 Å². The molecule has 0 saturated heterocycles. The van der Waals surface area contributed by atoms with Crippen LogP contribution in [0.15, 0.2) is 18.2 Å². The average molecular weight is 250 g/mol. The smallest absolute Gasteiger partial charge is 0.159 e. The summed E-state index contributed by atoms with van der Waals surface area (Å²) < 4.78 is 25.2. The van der Waals surface area contributed by atoms with Crippen LogP contribution in [-0.4, -0.2) is 12.0 Å². The van der Waals surface area contributed by atoms with E-state index in [0.717, 1.165) is 18.2 Å². The Morgan fingerprint density at radius 1 is 1.23 bits per heavy atom. The van der Waals surface area contributed by atoms with E-state index in [1.807, 2.05) is 0 Å².